The second-order valence-electron chi connectivity index (χ2n) is 2.43. The third-order valence-corrected chi connectivity index (χ3v) is 2.39. The quantitative estimate of drug-likeness (QED) is 0.773. The predicted molar refractivity (Wildman–Crippen MR) is 54.2 cm³/mol. The van der Waals surface area contributed by atoms with Crippen LogP contribution in [0.4, 0.5) is 0 Å². The van der Waals surface area contributed by atoms with E-state index in [0.29, 0.717) is 11.3 Å². The molecule has 2 aromatic heterocycles. The van der Waals surface area contributed by atoms with Gasteiger partial charge in [0, 0.05) is 0 Å². The van der Waals surface area contributed by atoms with Crippen LogP contribution in [0.15, 0.2) is 18.6 Å². The zero-order chi connectivity index (χ0) is 9.42. The zero-order valence-electron chi connectivity index (χ0n) is 6.44. The smallest absolute Gasteiger partial charge is 0.267 e. The number of fused-ring (bicyclic) bond motifs is 1. The Morgan fingerprint density at radius 1 is 1.46 bits per heavy atom. The molecule has 0 saturated carbocycles. The van der Waals surface area contributed by atoms with Gasteiger partial charge in [-0.25, -0.2) is 4.98 Å². The molecule has 1 amide bonds. The van der Waals surface area contributed by atoms with Gasteiger partial charge in [0.05, 0.1) is 18.6 Å². The van der Waals surface area contributed by atoms with Crippen LogP contribution in [0.2, 0.25) is 0 Å². The number of hydrogen-bond acceptors (Lipinski definition) is 3. The van der Waals surface area contributed by atoms with Crippen molar-refractivity contribution in [2.24, 2.45) is 5.73 Å². The molecule has 2 rings (SSSR count). The van der Waals surface area contributed by atoms with Crippen LogP contribution in [-0.4, -0.2) is 20.3 Å². The molecule has 0 radical (unpaired) electrons. The molecule has 5 nitrogen and oxygen atoms in total. The summed E-state index contributed by atoms with van der Waals surface area (Å²) in [4.78, 5) is 18.9. The summed E-state index contributed by atoms with van der Waals surface area (Å²) in [5.41, 5.74) is 6.15. The summed E-state index contributed by atoms with van der Waals surface area (Å²) in [6, 6.07) is 0. The zero-order valence-corrected chi connectivity index (χ0v) is 8.59. The lowest BCUT2D eigenvalue weighted by Gasteiger charge is -2.00. The van der Waals surface area contributed by atoms with Crippen LogP contribution in [0.25, 0.3) is 5.65 Å². The summed E-state index contributed by atoms with van der Waals surface area (Å²) in [7, 11) is 0. The molecular weight excluding hydrogens is 283 g/mol. The molecule has 0 aliphatic carbocycles. The summed E-state index contributed by atoms with van der Waals surface area (Å²) < 4.78 is 2.50. The lowest BCUT2D eigenvalue weighted by molar-refractivity contribution is 0.0993. The number of nitrogens with two attached hydrogens (primary N) is 1. The van der Waals surface area contributed by atoms with Gasteiger partial charge in [0.25, 0.3) is 5.91 Å². The highest BCUT2D eigenvalue weighted by Gasteiger charge is 2.09. The fourth-order valence-electron chi connectivity index (χ4n) is 1.08. The van der Waals surface area contributed by atoms with Gasteiger partial charge in [-0.1, -0.05) is 0 Å². The molecule has 6 heteroatoms. The number of imidazole rings is 1. The molecular formula is C7H5IN4O. The summed E-state index contributed by atoms with van der Waals surface area (Å²) in [6.45, 7) is 0. The van der Waals surface area contributed by atoms with Crippen LogP contribution in [0.5, 0.6) is 0 Å². The van der Waals surface area contributed by atoms with Crippen molar-refractivity contribution in [3.05, 3.63) is 28.0 Å². The molecule has 0 aliphatic rings. The number of halogens is 1. The first kappa shape index (κ1) is 8.42. The first-order valence-corrected chi connectivity index (χ1v) is 4.55. The summed E-state index contributed by atoms with van der Waals surface area (Å²) in [6.07, 6.45) is 4.66. The van der Waals surface area contributed by atoms with Crippen molar-refractivity contribution >= 4 is 34.1 Å². The SMILES string of the molecule is NC(=O)c1cncc2ncc(I)n12. The van der Waals surface area contributed by atoms with Gasteiger partial charge >= 0.3 is 0 Å². The van der Waals surface area contributed by atoms with E-state index in [1.54, 1.807) is 16.8 Å². The van der Waals surface area contributed by atoms with Gasteiger partial charge in [-0.3, -0.25) is 14.2 Å². The van der Waals surface area contributed by atoms with Crippen molar-refractivity contribution in [3.63, 3.8) is 0 Å². The topological polar surface area (TPSA) is 73.3 Å². The van der Waals surface area contributed by atoms with Gasteiger partial charge in [0.1, 0.15) is 9.39 Å². The summed E-state index contributed by atoms with van der Waals surface area (Å²) in [5, 5.41) is 0. The van der Waals surface area contributed by atoms with Gasteiger partial charge in [0.2, 0.25) is 0 Å². The highest BCUT2D eigenvalue weighted by Crippen LogP contribution is 2.10. The normalized spacial score (nSPS) is 10.5. The van der Waals surface area contributed by atoms with E-state index in [1.807, 2.05) is 0 Å². The van der Waals surface area contributed by atoms with Crippen LogP contribution >= 0.6 is 22.6 Å². The molecule has 2 aromatic rings. The molecule has 0 bridgehead atoms. The van der Waals surface area contributed by atoms with Gasteiger partial charge in [-0.2, -0.15) is 0 Å². The highest BCUT2D eigenvalue weighted by atomic mass is 127. The van der Waals surface area contributed by atoms with Crippen LogP contribution in [0, 0.1) is 3.70 Å². The molecule has 0 fully saturated rings. The summed E-state index contributed by atoms with van der Waals surface area (Å²) in [5.74, 6) is -0.506. The van der Waals surface area contributed by atoms with E-state index in [9.17, 15) is 4.79 Å². The van der Waals surface area contributed by atoms with E-state index >= 15 is 0 Å². The Balaban J connectivity index is 2.88. The Bertz CT molecular complexity index is 478. The van der Waals surface area contributed by atoms with Crippen molar-refractivity contribution in [1.29, 1.82) is 0 Å². The minimum Gasteiger partial charge on any atom is -0.364 e. The minimum atomic E-state index is -0.506. The van der Waals surface area contributed by atoms with Crippen LogP contribution in [0.3, 0.4) is 0 Å². The second-order valence-corrected chi connectivity index (χ2v) is 3.54. The molecule has 0 aromatic carbocycles. The largest absolute Gasteiger partial charge is 0.364 e. The third kappa shape index (κ3) is 1.26. The highest BCUT2D eigenvalue weighted by molar-refractivity contribution is 14.1. The van der Waals surface area contributed by atoms with Crippen molar-refractivity contribution < 1.29 is 4.79 Å². The van der Waals surface area contributed by atoms with Gasteiger partial charge in [-0.05, 0) is 22.6 Å². The molecule has 2 N–H and O–H groups in total. The van der Waals surface area contributed by atoms with Gasteiger partial charge < -0.3 is 5.73 Å². The number of hydrogen-bond donors (Lipinski definition) is 1. The predicted octanol–water partition coefficient (Wildman–Crippen LogP) is 0.433. The van der Waals surface area contributed by atoms with Crippen molar-refractivity contribution in [3.8, 4) is 0 Å². The van der Waals surface area contributed by atoms with E-state index in [0.717, 1.165) is 3.70 Å². The first-order chi connectivity index (χ1) is 6.20. The molecule has 0 saturated heterocycles. The average molecular weight is 288 g/mol. The average Bonchev–Trinajstić information content (AvgIpc) is 2.48. The number of rotatable bonds is 1. The van der Waals surface area contributed by atoms with E-state index in [2.05, 4.69) is 32.6 Å². The second kappa shape index (κ2) is 2.95. The monoisotopic (exact) mass is 288 g/mol. The number of primary amides is 1. The number of amides is 1. The van der Waals surface area contributed by atoms with Gasteiger partial charge in [0.15, 0.2) is 5.65 Å². The summed E-state index contributed by atoms with van der Waals surface area (Å²) >= 11 is 2.08. The van der Waals surface area contributed by atoms with E-state index in [4.69, 9.17) is 5.73 Å². The Labute approximate surface area is 87.1 Å². The molecule has 0 atom stereocenters. The Hall–Kier alpha value is -1.18. The van der Waals surface area contributed by atoms with Crippen molar-refractivity contribution in [1.82, 2.24) is 14.4 Å². The minimum absolute atomic E-state index is 0.347. The number of carbonyl (C=O) groups excluding carboxylic acids is 1. The Morgan fingerprint density at radius 3 is 2.92 bits per heavy atom. The number of aromatic nitrogens is 3. The van der Waals surface area contributed by atoms with E-state index in [1.165, 1.54) is 6.20 Å². The molecule has 13 heavy (non-hydrogen) atoms. The van der Waals surface area contributed by atoms with Gasteiger partial charge in [-0.15, -0.1) is 0 Å². The molecule has 0 spiro atoms. The lowest BCUT2D eigenvalue weighted by atomic mass is 10.4. The third-order valence-electron chi connectivity index (χ3n) is 1.63. The number of carbonyl (C=O) groups is 1. The van der Waals surface area contributed by atoms with E-state index < -0.39 is 5.91 Å². The molecule has 0 unspecified atom stereocenters. The maximum atomic E-state index is 11.0. The van der Waals surface area contributed by atoms with Crippen LogP contribution in [-0.2, 0) is 0 Å². The maximum Gasteiger partial charge on any atom is 0.267 e. The standard InChI is InChI=1S/C7H5IN4O/c8-5-2-11-6-3-10-1-4(7(9)13)12(5)6/h1-3H,(H2,9,13). The Morgan fingerprint density at radius 2 is 2.23 bits per heavy atom. The first-order valence-electron chi connectivity index (χ1n) is 3.47. The molecule has 0 aliphatic heterocycles. The Kier molecular flexibility index (Phi) is 1.91. The van der Waals surface area contributed by atoms with Crippen LogP contribution in [0.1, 0.15) is 10.5 Å². The van der Waals surface area contributed by atoms with Crippen LogP contribution < -0.4 is 5.73 Å². The number of nitrogens with zero attached hydrogens (tertiary/aromatic N) is 3. The molecule has 2 heterocycles. The van der Waals surface area contributed by atoms with E-state index in [-0.39, 0.29) is 0 Å². The lowest BCUT2D eigenvalue weighted by Crippen LogP contribution is -2.16. The fourth-order valence-corrected chi connectivity index (χ4v) is 1.73. The van der Waals surface area contributed by atoms with Crippen molar-refractivity contribution in [2.45, 2.75) is 0 Å². The fraction of sp³-hybridized carbons (Fsp3) is 0. The van der Waals surface area contributed by atoms with Crippen molar-refractivity contribution in [2.75, 3.05) is 0 Å². The maximum absolute atomic E-state index is 11.0. The molecule has 66 valence electrons.